The van der Waals surface area contributed by atoms with Crippen LogP contribution in [0, 0.1) is 12.7 Å². The van der Waals surface area contributed by atoms with Crippen molar-refractivity contribution in [3.05, 3.63) is 64.4 Å². The van der Waals surface area contributed by atoms with E-state index >= 15 is 0 Å². The lowest BCUT2D eigenvalue weighted by Crippen LogP contribution is -2.23. The molecule has 2 rings (SSSR count). The average Bonchev–Trinajstić information content (AvgIpc) is 2.45. The van der Waals surface area contributed by atoms with Gasteiger partial charge in [-0.1, -0.05) is 35.4 Å². The van der Waals surface area contributed by atoms with E-state index in [9.17, 15) is 4.39 Å². The summed E-state index contributed by atoms with van der Waals surface area (Å²) >= 11 is 11.0. The number of rotatable bonds is 3. The van der Waals surface area contributed by atoms with E-state index in [2.05, 4.69) is 15.8 Å². The Hall–Kier alpha value is -1.98. The van der Waals surface area contributed by atoms with Crippen molar-refractivity contribution < 1.29 is 4.39 Å². The Balaban J connectivity index is 1.95. The van der Waals surface area contributed by atoms with Crippen molar-refractivity contribution in [2.24, 2.45) is 5.10 Å². The molecule has 6 heteroatoms. The van der Waals surface area contributed by atoms with E-state index < -0.39 is 5.82 Å². The van der Waals surface area contributed by atoms with Crippen LogP contribution >= 0.6 is 23.8 Å². The Morgan fingerprint density at radius 3 is 2.62 bits per heavy atom. The maximum Gasteiger partial charge on any atom is 0.191 e. The van der Waals surface area contributed by atoms with Gasteiger partial charge < -0.3 is 5.32 Å². The van der Waals surface area contributed by atoms with Crippen molar-refractivity contribution in [1.82, 2.24) is 5.43 Å². The third-order valence-electron chi connectivity index (χ3n) is 2.67. The molecular weight excluding hydrogens is 309 g/mol. The minimum atomic E-state index is -0.439. The van der Waals surface area contributed by atoms with E-state index in [1.807, 2.05) is 31.2 Å². The minimum absolute atomic E-state index is 0.213. The largest absolute Gasteiger partial charge is 0.331 e. The maximum atomic E-state index is 13.5. The highest BCUT2D eigenvalue weighted by Gasteiger charge is 2.03. The van der Waals surface area contributed by atoms with E-state index in [1.54, 1.807) is 6.07 Å². The molecule has 0 spiro atoms. The van der Waals surface area contributed by atoms with Crippen molar-refractivity contribution in [2.45, 2.75) is 6.92 Å². The number of hydrogen-bond donors (Lipinski definition) is 2. The summed E-state index contributed by atoms with van der Waals surface area (Å²) < 4.78 is 13.5. The van der Waals surface area contributed by atoms with Crippen LogP contribution < -0.4 is 10.7 Å². The van der Waals surface area contributed by atoms with Gasteiger partial charge in [0, 0.05) is 11.3 Å². The Kier molecular flexibility index (Phi) is 5.25. The first-order valence-corrected chi connectivity index (χ1v) is 6.95. The van der Waals surface area contributed by atoms with Gasteiger partial charge in [0.05, 0.1) is 11.2 Å². The SMILES string of the molecule is Cc1ccc(NC(=S)NN=Cc2c(F)cccc2Cl)cc1. The molecule has 0 unspecified atom stereocenters. The smallest absolute Gasteiger partial charge is 0.191 e. The number of halogens is 2. The van der Waals surface area contributed by atoms with Gasteiger partial charge in [-0.2, -0.15) is 5.10 Å². The van der Waals surface area contributed by atoms with Crippen LogP contribution in [0.25, 0.3) is 0 Å². The van der Waals surface area contributed by atoms with Gasteiger partial charge >= 0.3 is 0 Å². The highest BCUT2D eigenvalue weighted by Crippen LogP contribution is 2.16. The summed E-state index contributed by atoms with van der Waals surface area (Å²) in [5.74, 6) is -0.439. The molecule has 0 amide bonds. The van der Waals surface area contributed by atoms with E-state index in [4.69, 9.17) is 23.8 Å². The molecule has 2 aromatic carbocycles. The molecular formula is C15H13ClFN3S. The Labute approximate surface area is 132 Å². The molecule has 0 aliphatic carbocycles. The molecule has 3 nitrogen and oxygen atoms in total. The van der Waals surface area contributed by atoms with Crippen LogP contribution in [0.3, 0.4) is 0 Å². The number of benzene rings is 2. The molecule has 0 saturated carbocycles. The second-order valence-corrected chi connectivity index (χ2v) is 5.14. The number of aryl methyl sites for hydroxylation is 1. The lowest BCUT2D eigenvalue weighted by molar-refractivity contribution is 0.626. The van der Waals surface area contributed by atoms with Crippen molar-refractivity contribution >= 4 is 40.8 Å². The molecule has 2 N–H and O–H groups in total. The number of nitrogens with zero attached hydrogens (tertiary/aromatic N) is 1. The minimum Gasteiger partial charge on any atom is -0.331 e. The third-order valence-corrected chi connectivity index (χ3v) is 3.19. The van der Waals surface area contributed by atoms with Crippen LogP contribution in [-0.4, -0.2) is 11.3 Å². The van der Waals surface area contributed by atoms with Gasteiger partial charge in [0.25, 0.3) is 0 Å². The Morgan fingerprint density at radius 2 is 1.95 bits per heavy atom. The second kappa shape index (κ2) is 7.15. The predicted molar refractivity (Wildman–Crippen MR) is 89.5 cm³/mol. The maximum absolute atomic E-state index is 13.5. The number of thiocarbonyl (C=S) groups is 1. The fourth-order valence-corrected chi connectivity index (χ4v) is 1.97. The third kappa shape index (κ3) is 4.51. The zero-order chi connectivity index (χ0) is 15.2. The summed E-state index contributed by atoms with van der Waals surface area (Å²) in [6, 6.07) is 12.2. The number of anilines is 1. The zero-order valence-corrected chi connectivity index (χ0v) is 12.8. The van der Waals surface area contributed by atoms with Gasteiger partial charge in [-0.15, -0.1) is 0 Å². The molecule has 0 aliphatic rings. The molecule has 21 heavy (non-hydrogen) atoms. The van der Waals surface area contributed by atoms with Crippen LogP contribution in [0.5, 0.6) is 0 Å². The Morgan fingerprint density at radius 1 is 1.24 bits per heavy atom. The molecule has 108 valence electrons. The normalized spacial score (nSPS) is 10.6. The average molecular weight is 322 g/mol. The Bertz CT molecular complexity index is 651. The number of hydrogen-bond acceptors (Lipinski definition) is 2. The molecule has 0 heterocycles. The molecule has 0 atom stereocenters. The van der Waals surface area contributed by atoms with Crippen LogP contribution in [0.2, 0.25) is 5.02 Å². The van der Waals surface area contributed by atoms with Crippen LogP contribution in [0.1, 0.15) is 11.1 Å². The molecule has 0 radical (unpaired) electrons. The lowest BCUT2D eigenvalue weighted by atomic mass is 10.2. The highest BCUT2D eigenvalue weighted by molar-refractivity contribution is 7.80. The summed E-state index contributed by atoms with van der Waals surface area (Å²) in [7, 11) is 0. The van der Waals surface area contributed by atoms with Crippen LogP contribution in [0.4, 0.5) is 10.1 Å². The first-order chi connectivity index (χ1) is 10.1. The van der Waals surface area contributed by atoms with Crippen molar-refractivity contribution in [2.75, 3.05) is 5.32 Å². The fourth-order valence-electron chi connectivity index (χ4n) is 1.59. The fraction of sp³-hybridized carbons (Fsp3) is 0.0667. The monoisotopic (exact) mass is 321 g/mol. The van der Waals surface area contributed by atoms with Crippen molar-refractivity contribution in [3.8, 4) is 0 Å². The van der Waals surface area contributed by atoms with E-state index in [0.29, 0.717) is 5.11 Å². The summed E-state index contributed by atoms with van der Waals surface area (Å²) in [5, 5.41) is 7.44. The summed E-state index contributed by atoms with van der Waals surface area (Å²) in [4.78, 5) is 0. The van der Waals surface area contributed by atoms with E-state index in [0.717, 1.165) is 11.3 Å². The second-order valence-electron chi connectivity index (χ2n) is 4.33. The lowest BCUT2D eigenvalue weighted by Gasteiger charge is -2.07. The summed E-state index contributed by atoms with van der Waals surface area (Å²) in [6.07, 6.45) is 1.29. The summed E-state index contributed by atoms with van der Waals surface area (Å²) in [6.45, 7) is 2.00. The van der Waals surface area contributed by atoms with Gasteiger partial charge in [-0.3, -0.25) is 5.43 Å². The van der Waals surface area contributed by atoms with Crippen molar-refractivity contribution in [3.63, 3.8) is 0 Å². The number of hydrazone groups is 1. The molecule has 0 bridgehead atoms. The highest BCUT2D eigenvalue weighted by atomic mass is 35.5. The molecule has 0 fully saturated rings. The molecule has 0 aliphatic heterocycles. The van der Waals surface area contributed by atoms with Gasteiger partial charge in [-0.25, -0.2) is 4.39 Å². The molecule has 2 aromatic rings. The van der Waals surface area contributed by atoms with Gasteiger partial charge in [0.15, 0.2) is 5.11 Å². The van der Waals surface area contributed by atoms with E-state index in [-0.39, 0.29) is 10.6 Å². The standard InChI is InChI=1S/C15H13ClFN3S/c1-10-5-7-11(8-6-10)19-15(21)20-18-9-12-13(16)3-2-4-14(12)17/h2-9H,1H3,(H2,19,20,21). The van der Waals surface area contributed by atoms with Crippen LogP contribution in [-0.2, 0) is 0 Å². The topological polar surface area (TPSA) is 36.4 Å². The predicted octanol–water partition coefficient (Wildman–Crippen LogP) is 4.11. The molecule has 0 saturated heterocycles. The van der Waals surface area contributed by atoms with Gasteiger partial charge in [-0.05, 0) is 43.4 Å². The van der Waals surface area contributed by atoms with Crippen LogP contribution in [0.15, 0.2) is 47.6 Å². The first kappa shape index (κ1) is 15.4. The van der Waals surface area contributed by atoms with Crippen molar-refractivity contribution in [1.29, 1.82) is 0 Å². The van der Waals surface area contributed by atoms with E-state index in [1.165, 1.54) is 18.3 Å². The first-order valence-electron chi connectivity index (χ1n) is 6.17. The molecule has 0 aromatic heterocycles. The number of nitrogens with one attached hydrogen (secondary N) is 2. The van der Waals surface area contributed by atoms with Gasteiger partial charge in [0.1, 0.15) is 5.82 Å². The zero-order valence-electron chi connectivity index (χ0n) is 11.2. The summed E-state index contributed by atoms with van der Waals surface area (Å²) in [5.41, 5.74) is 4.83. The van der Waals surface area contributed by atoms with Gasteiger partial charge in [0.2, 0.25) is 0 Å². The quantitative estimate of drug-likeness (QED) is 0.507.